The van der Waals surface area contributed by atoms with Crippen molar-refractivity contribution in [3.63, 3.8) is 0 Å². The standard InChI is InChI=1S/C14H15FINO3/c1-8-4-9(14(19)20)7-17(6-8)13(18)11-5-10(15)2-3-12(11)16/h2-3,5,8-9H,4,6-7H2,1H3,(H,19,20). The smallest absolute Gasteiger partial charge is 0.308 e. The molecule has 6 heteroatoms. The first kappa shape index (κ1) is 15.2. The van der Waals surface area contributed by atoms with E-state index in [1.807, 2.05) is 29.5 Å². The van der Waals surface area contributed by atoms with E-state index in [0.717, 1.165) is 0 Å². The summed E-state index contributed by atoms with van der Waals surface area (Å²) in [5, 5.41) is 9.13. The van der Waals surface area contributed by atoms with Gasteiger partial charge in [0, 0.05) is 16.7 Å². The first-order chi connectivity index (χ1) is 9.38. The average molecular weight is 391 g/mol. The Morgan fingerprint density at radius 1 is 1.40 bits per heavy atom. The highest BCUT2D eigenvalue weighted by atomic mass is 127. The number of hydrogen-bond donors (Lipinski definition) is 1. The van der Waals surface area contributed by atoms with Gasteiger partial charge in [-0.1, -0.05) is 6.92 Å². The van der Waals surface area contributed by atoms with Crippen molar-refractivity contribution in [2.75, 3.05) is 13.1 Å². The fourth-order valence-electron chi connectivity index (χ4n) is 2.53. The molecule has 20 heavy (non-hydrogen) atoms. The van der Waals surface area contributed by atoms with E-state index in [1.165, 1.54) is 17.0 Å². The highest BCUT2D eigenvalue weighted by Gasteiger charge is 2.32. The van der Waals surface area contributed by atoms with E-state index in [1.54, 1.807) is 6.07 Å². The van der Waals surface area contributed by atoms with Gasteiger partial charge < -0.3 is 10.0 Å². The molecule has 2 unspecified atom stereocenters. The third-order valence-corrected chi connectivity index (χ3v) is 4.40. The number of carboxylic acids is 1. The number of rotatable bonds is 2. The summed E-state index contributed by atoms with van der Waals surface area (Å²) in [6.07, 6.45) is 0.569. The quantitative estimate of drug-likeness (QED) is 0.789. The summed E-state index contributed by atoms with van der Waals surface area (Å²) < 4.78 is 14.0. The van der Waals surface area contributed by atoms with Gasteiger partial charge in [-0.3, -0.25) is 9.59 Å². The second-order valence-electron chi connectivity index (χ2n) is 5.21. The number of amides is 1. The molecule has 1 heterocycles. The van der Waals surface area contributed by atoms with Gasteiger partial charge in [0.1, 0.15) is 5.82 Å². The van der Waals surface area contributed by atoms with Crippen molar-refractivity contribution in [2.45, 2.75) is 13.3 Å². The summed E-state index contributed by atoms with van der Waals surface area (Å²) >= 11 is 1.98. The van der Waals surface area contributed by atoms with Crippen LogP contribution in [0.25, 0.3) is 0 Å². The molecule has 1 N–H and O–H groups in total. The average Bonchev–Trinajstić information content (AvgIpc) is 2.40. The Labute approximate surface area is 130 Å². The van der Waals surface area contributed by atoms with Gasteiger partial charge >= 0.3 is 5.97 Å². The summed E-state index contributed by atoms with van der Waals surface area (Å²) in [4.78, 5) is 25.1. The maximum atomic E-state index is 13.3. The summed E-state index contributed by atoms with van der Waals surface area (Å²) in [5.41, 5.74) is 0.295. The predicted octanol–water partition coefficient (Wildman–Crippen LogP) is 2.61. The first-order valence-corrected chi connectivity index (χ1v) is 7.43. The van der Waals surface area contributed by atoms with E-state index in [-0.39, 0.29) is 18.4 Å². The number of nitrogens with zero attached hydrogens (tertiary/aromatic N) is 1. The van der Waals surface area contributed by atoms with Crippen molar-refractivity contribution in [3.8, 4) is 0 Å². The molecule has 1 fully saturated rings. The minimum absolute atomic E-state index is 0.125. The van der Waals surface area contributed by atoms with Crippen molar-refractivity contribution in [2.24, 2.45) is 11.8 Å². The molecule has 1 aliphatic heterocycles. The lowest BCUT2D eigenvalue weighted by Gasteiger charge is -2.34. The summed E-state index contributed by atoms with van der Waals surface area (Å²) in [6.45, 7) is 2.62. The van der Waals surface area contributed by atoms with Crippen LogP contribution in [0.2, 0.25) is 0 Å². The van der Waals surface area contributed by atoms with Crippen LogP contribution in [0.5, 0.6) is 0 Å². The van der Waals surface area contributed by atoms with Crippen LogP contribution in [0.15, 0.2) is 18.2 Å². The van der Waals surface area contributed by atoms with Crippen LogP contribution in [-0.2, 0) is 4.79 Å². The van der Waals surface area contributed by atoms with Crippen LogP contribution < -0.4 is 0 Å². The molecule has 1 aromatic carbocycles. The monoisotopic (exact) mass is 391 g/mol. The normalized spacial score (nSPS) is 22.6. The molecule has 1 aliphatic rings. The van der Waals surface area contributed by atoms with Crippen molar-refractivity contribution in [3.05, 3.63) is 33.1 Å². The molecule has 0 radical (unpaired) electrons. The number of aliphatic carboxylic acids is 1. The minimum atomic E-state index is -0.886. The van der Waals surface area contributed by atoms with Gasteiger partial charge in [-0.15, -0.1) is 0 Å². The van der Waals surface area contributed by atoms with Crippen LogP contribution in [0.1, 0.15) is 23.7 Å². The second kappa shape index (κ2) is 6.07. The third kappa shape index (κ3) is 3.28. The van der Waals surface area contributed by atoms with Gasteiger partial charge in [0.15, 0.2) is 0 Å². The molecule has 4 nitrogen and oxygen atoms in total. The van der Waals surface area contributed by atoms with Crippen molar-refractivity contribution >= 4 is 34.5 Å². The molecular formula is C14H15FINO3. The van der Waals surface area contributed by atoms with Crippen molar-refractivity contribution in [1.82, 2.24) is 4.90 Å². The van der Waals surface area contributed by atoms with E-state index < -0.39 is 17.7 Å². The largest absolute Gasteiger partial charge is 0.481 e. The van der Waals surface area contributed by atoms with Crippen LogP contribution in [0.3, 0.4) is 0 Å². The molecule has 108 valence electrons. The van der Waals surface area contributed by atoms with Gasteiger partial charge in [0.2, 0.25) is 0 Å². The van der Waals surface area contributed by atoms with Gasteiger partial charge in [0.05, 0.1) is 11.5 Å². The van der Waals surface area contributed by atoms with E-state index >= 15 is 0 Å². The molecule has 0 saturated carbocycles. The number of hydrogen-bond acceptors (Lipinski definition) is 2. The van der Waals surface area contributed by atoms with Crippen LogP contribution in [0.4, 0.5) is 4.39 Å². The summed E-state index contributed by atoms with van der Waals surface area (Å²) in [6, 6.07) is 4.06. The zero-order valence-corrected chi connectivity index (χ0v) is 13.1. The maximum absolute atomic E-state index is 13.3. The number of halogens is 2. The molecule has 2 rings (SSSR count). The second-order valence-corrected chi connectivity index (χ2v) is 6.37. The Morgan fingerprint density at radius 2 is 2.10 bits per heavy atom. The van der Waals surface area contributed by atoms with Crippen LogP contribution in [0, 0.1) is 21.2 Å². The summed E-state index contributed by atoms with van der Waals surface area (Å²) in [5.74, 6) is -2.07. The van der Waals surface area contributed by atoms with E-state index in [4.69, 9.17) is 5.11 Å². The van der Waals surface area contributed by atoms with E-state index in [2.05, 4.69) is 0 Å². The lowest BCUT2D eigenvalue weighted by atomic mass is 9.90. The lowest BCUT2D eigenvalue weighted by Crippen LogP contribution is -2.45. The lowest BCUT2D eigenvalue weighted by molar-refractivity contribution is -0.143. The van der Waals surface area contributed by atoms with Gasteiger partial charge in [-0.2, -0.15) is 0 Å². The maximum Gasteiger partial charge on any atom is 0.308 e. The van der Waals surface area contributed by atoms with Gasteiger partial charge in [0.25, 0.3) is 5.91 Å². The SMILES string of the molecule is CC1CC(C(=O)O)CN(C(=O)c2cc(F)ccc2I)C1. The van der Waals surface area contributed by atoms with Crippen LogP contribution in [-0.4, -0.2) is 35.0 Å². The number of carbonyl (C=O) groups excluding carboxylic acids is 1. The third-order valence-electron chi connectivity index (χ3n) is 3.45. The molecule has 0 aromatic heterocycles. The first-order valence-electron chi connectivity index (χ1n) is 6.35. The van der Waals surface area contributed by atoms with Crippen molar-refractivity contribution in [1.29, 1.82) is 0 Å². The van der Waals surface area contributed by atoms with Crippen LogP contribution >= 0.6 is 22.6 Å². The van der Waals surface area contributed by atoms with Gasteiger partial charge in [-0.25, -0.2) is 4.39 Å². The van der Waals surface area contributed by atoms with E-state index in [0.29, 0.717) is 22.1 Å². The number of carboxylic acid groups (broad SMARTS) is 1. The Morgan fingerprint density at radius 3 is 2.75 bits per heavy atom. The molecule has 1 amide bonds. The Kier molecular flexibility index (Phi) is 4.62. The number of benzene rings is 1. The number of carbonyl (C=O) groups is 2. The van der Waals surface area contributed by atoms with E-state index in [9.17, 15) is 14.0 Å². The summed E-state index contributed by atoms with van der Waals surface area (Å²) in [7, 11) is 0. The fourth-order valence-corrected chi connectivity index (χ4v) is 3.09. The number of piperidine rings is 1. The van der Waals surface area contributed by atoms with Gasteiger partial charge in [-0.05, 0) is 53.1 Å². The predicted molar refractivity (Wildman–Crippen MR) is 79.9 cm³/mol. The molecule has 0 aliphatic carbocycles. The zero-order chi connectivity index (χ0) is 14.9. The molecule has 0 spiro atoms. The molecular weight excluding hydrogens is 376 g/mol. The molecule has 1 saturated heterocycles. The topological polar surface area (TPSA) is 57.6 Å². The zero-order valence-electron chi connectivity index (χ0n) is 11.0. The molecule has 2 atom stereocenters. The highest BCUT2D eigenvalue weighted by molar-refractivity contribution is 14.1. The molecule has 1 aromatic rings. The number of likely N-dealkylation sites (tertiary alicyclic amines) is 1. The Balaban J connectivity index is 2.23. The Hall–Kier alpha value is -1.18. The molecule has 0 bridgehead atoms. The minimum Gasteiger partial charge on any atom is -0.481 e. The Bertz CT molecular complexity index is 549. The van der Waals surface area contributed by atoms with Crippen molar-refractivity contribution < 1.29 is 19.1 Å². The fraction of sp³-hybridized carbons (Fsp3) is 0.429. The highest BCUT2D eigenvalue weighted by Crippen LogP contribution is 2.24.